The summed E-state index contributed by atoms with van der Waals surface area (Å²) in [4.78, 5) is 12.3. The van der Waals surface area contributed by atoms with Crippen LogP contribution < -0.4 is 4.74 Å². The van der Waals surface area contributed by atoms with Crippen molar-refractivity contribution in [2.45, 2.75) is 26.9 Å². The highest BCUT2D eigenvalue weighted by molar-refractivity contribution is 6.09. The van der Waals surface area contributed by atoms with Gasteiger partial charge in [0.15, 0.2) is 5.78 Å². The van der Waals surface area contributed by atoms with Gasteiger partial charge in [0.1, 0.15) is 17.4 Å². The van der Waals surface area contributed by atoms with Crippen molar-refractivity contribution in [2.24, 2.45) is 0 Å². The van der Waals surface area contributed by atoms with E-state index in [1.54, 1.807) is 12.1 Å². The molecule has 2 rings (SSSR count). The molecule has 0 heterocycles. The summed E-state index contributed by atoms with van der Waals surface area (Å²) < 4.78 is 33.3. The van der Waals surface area contributed by atoms with Crippen LogP contribution in [0, 0.1) is 18.6 Å². The van der Waals surface area contributed by atoms with Gasteiger partial charge < -0.3 is 4.74 Å². The van der Waals surface area contributed by atoms with Crippen LogP contribution in [0.3, 0.4) is 0 Å². The molecule has 110 valence electrons. The number of ether oxygens (including phenoxy) is 1. The standard InChI is InChI=1S/C17H16F2O2/c1-10(2)21-13-6-4-5-12(9-13)17(20)15-14(18)8-7-11(3)16(15)19/h4-10H,1-3H3. The summed E-state index contributed by atoms with van der Waals surface area (Å²) in [6, 6.07) is 8.72. The van der Waals surface area contributed by atoms with Crippen LogP contribution in [0.2, 0.25) is 0 Å². The Bertz CT molecular complexity index is 678. The summed E-state index contributed by atoms with van der Waals surface area (Å²) >= 11 is 0. The zero-order valence-corrected chi connectivity index (χ0v) is 12.1. The van der Waals surface area contributed by atoms with Crippen molar-refractivity contribution < 1.29 is 18.3 Å². The van der Waals surface area contributed by atoms with Gasteiger partial charge in [-0.15, -0.1) is 0 Å². The number of rotatable bonds is 4. The Balaban J connectivity index is 2.43. The number of hydrogen-bond acceptors (Lipinski definition) is 2. The minimum absolute atomic E-state index is 0.0530. The van der Waals surface area contributed by atoms with E-state index in [0.717, 1.165) is 6.07 Å². The Morgan fingerprint density at radius 3 is 2.52 bits per heavy atom. The maximum atomic E-state index is 14.0. The lowest BCUT2D eigenvalue weighted by atomic mass is 10.00. The van der Waals surface area contributed by atoms with Gasteiger partial charge in [0.05, 0.1) is 11.7 Å². The molecule has 0 N–H and O–H groups in total. The molecule has 0 aliphatic heterocycles. The van der Waals surface area contributed by atoms with E-state index in [4.69, 9.17) is 4.74 Å². The predicted octanol–water partition coefficient (Wildman–Crippen LogP) is 4.29. The first-order chi connectivity index (χ1) is 9.90. The van der Waals surface area contributed by atoms with Gasteiger partial charge in [-0.1, -0.05) is 18.2 Å². The van der Waals surface area contributed by atoms with Crippen molar-refractivity contribution in [3.8, 4) is 5.75 Å². The molecule has 0 aliphatic rings. The van der Waals surface area contributed by atoms with Gasteiger partial charge in [-0.3, -0.25) is 4.79 Å². The van der Waals surface area contributed by atoms with E-state index in [2.05, 4.69) is 0 Å². The van der Waals surface area contributed by atoms with Crippen molar-refractivity contribution in [3.63, 3.8) is 0 Å². The van der Waals surface area contributed by atoms with Gasteiger partial charge >= 0.3 is 0 Å². The van der Waals surface area contributed by atoms with Crippen LogP contribution in [0.4, 0.5) is 8.78 Å². The zero-order chi connectivity index (χ0) is 15.6. The number of halogens is 2. The molecule has 0 aliphatic carbocycles. The second-order valence-electron chi connectivity index (χ2n) is 5.08. The highest BCUT2D eigenvalue weighted by atomic mass is 19.1. The Morgan fingerprint density at radius 1 is 1.14 bits per heavy atom. The summed E-state index contributed by atoms with van der Waals surface area (Å²) in [5.74, 6) is -1.89. The number of hydrogen-bond donors (Lipinski definition) is 0. The Morgan fingerprint density at radius 2 is 1.86 bits per heavy atom. The smallest absolute Gasteiger partial charge is 0.199 e. The normalized spacial score (nSPS) is 10.8. The molecule has 0 aromatic heterocycles. The maximum absolute atomic E-state index is 14.0. The molecule has 0 atom stereocenters. The maximum Gasteiger partial charge on any atom is 0.199 e. The largest absolute Gasteiger partial charge is 0.491 e. The third-order valence-corrected chi connectivity index (χ3v) is 2.98. The van der Waals surface area contributed by atoms with Crippen LogP contribution in [-0.2, 0) is 0 Å². The molecule has 0 fully saturated rings. The third-order valence-electron chi connectivity index (χ3n) is 2.98. The van der Waals surface area contributed by atoms with Crippen molar-refractivity contribution in [1.29, 1.82) is 0 Å². The Hall–Kier alpha value is -2.23. The van der Waals surface area contributed by atoms with Crippen LogP contribution >= 0.6 is 0 Å². The van der Waals surface area contributed by atoms with Crippen LogP contribution in [-0.4, -0.2) is 11.9 Å². The molecule has 4 heteroatoms. The second kappa shape index (κ2) is 6.04. The zero-order valence-electron chi connectivity index (χ0n) is 12.1. The summed E-state index contributed by atoms with van der Waals surface area (Å²) in [5, 5.41) is 0. The molecule has 0 saturated carbocycles. The molecule has 0 amide bonds. The molecule has 2 aromatic carbocycles. The topological polar surface area (TPSA) is 26.3 Å². The fourth-order valence-corrected chi connectivity index (χ4v) is 1.99. The SMILES string of the molecule is Cc1ccc(F)c(C(=O)c2cccc(OC(C)C)c2)c1F. The first kappa shape index (κ1) is 15.2. The summed E-state index contributed by atoms with van der Waals surface area (Å²) in [6.07, 6.45) is -0.0530. The van der Waals surface area contributed by atoms with Gasteiger partial charge in [0.25, 0.3) is 0 Å². The third kappa shape index (κ3) is 3.27. The molecule has 0 spiro atoms. The van der Waals surface area contributed by atoms with Crippen molar-refractivity contribution in [1.82, 2.24) is 0 Å². The molecule has 0 bridgehead atoms. The van der Waals surface area contributed by atoms with Gasteiger partial charge in [-0.25, -0.2) is 8.78 Å². The number of carbonyl (C=O) groups is 1. The Kier molecular flexibility index (Phi) is 4.36. The predicted molar refractivity (Wildman–Crippen MR) is 76.7 cm³/mol. The quantitative estimate of drug-likeness (QED) is 0.785. The van der Waals surface area contributed by atoms with E-state index in [1.165, 1.54) is 25.1 Å². The average molecular weight is 290 g/mol. The molecule has 0 unspecified atom stereocenters. The summed E-state index contributed by atoms with van der Waals surface area (Å²) in [6.45, 7) is 5.20. The minimum Gasteiger partial charge on any atom is -0.491 e. The van der Waals surface area contributed by atoms with E-state index in [0.29, 0.717) is 5.75 Å². The number of carbonyl (C=O) groups excluding carboxylic acids is 1. The monoisotopic (exact) mass is 290 g/mol. The molecule has 2 nitrogen and oxygen atoms in total. The van der Waals surface area contributed by atoms with Gasteiger partial charge in [-0.05, 0) is 44.5 Å². The van der Waals surface area contributed by atoms with Crippen LogP contribution in [0.1, 0.15) is 35.3 Å². The van der Waals surface area contributed by atoms with Gasteiger partial charge in [0, 0.05) is 5.56 Å². The van der Waals surface area contributed by atoms with Crippen LogP contribution in [0.15, 0.2) is 36.4 Å². The number of aryl methyl sites for hydroxylation is 1. The molecular weight excluding hydrogens is 274 g/mol. The number of ketones is 1. The molecule has 0 radical (unpaired) electrons. The first-order valence-electron chi connectivity index (χ1n) is 6.66. The molecule has 2 aromatic rings. The van der Waals surface area contributed by atoms with E-state index in [-0.39, 0.29) is 17.2 Å². The highest BCUT2D eigenvalue weighted by Gasteiger charge is 2.20. The fraction of sp³-hybridized carbons (Fsp3) is 0.235. The van der Waals surface area contributed by atoms with Crippen molar-refractivity contribution in [3.05, 3.63) is 64.7 Å². The second-order valence-corrected chi connectivity index (χ2v) is 5.08. The molecule has 21 heavy (non-hydrogen) atoms. The lowest BCUT2D eigenvalue weighted by molar-refractivity contribution is 0.103. The minimum atomic E-state index is -0.863. The van der Waals surface area contributed by atoms with E-state index in [1.807, 2.05) is 13.8 Å². The van der Waals surface area contributed by atoms with E-state index < -0.39 is 23.0 Å². The van der Waals surface area contributed by atoms with Gasteiger partial charge in [0.2, 0.25) is 0 Å². The summed E-state index contributed by atoms with van der Waals surface area (Å²) in [5.41, 5.74) is -0.109. The lowest BCUT2D eigenvalue weighted by Crippen LogP contribution is -2.10. The van der Waals surface area contributed by atoms with Gasteiger partial charge in [-0.2, -0.15) is 0 Å². The highest BCUT2D eigenvalue weighted by Crippen LogP contribution is 2.22. The number of benzene rings is 2. The summed E-state index contributed by atoms with van der Waals surface area (Å²) in [7, 11) is 0. The van der Waals surface area contributed by atoms with Crippen molar-refractivity contribution >= 4 is 5.78 Å². The Labute approximate surface area is 122 Å². The van der Waals surface area contributed by atoms with Crippen molar-refractivity contribution in [2.75, 3.05) is 0 Å². The first-order valence-corrected chi connectivity index (χ1v) is 6.66. The molecular formula is C17H16F2O2. The lowest BCUT2D eigenvalue weighted by Gasteiger charge is -2.11. The van der Waals surface area contributed by atoms with E-state index >= 15 is 0 Å². The molecule has 0 saturated heterocycles. The van der Waals surface area contributed by atoms with Crippen LogP contribution in [0.5, 0.6) is 5.75 Å². The fourth-order valence-electron chi connectivity index (χ4n) is 1.99. The van der Waals surface area contributed by atoms with E-state index in [9.17, 15) is 13.6 Å². The van der Waals surface area contributed by atoms with Crippen LogP contribution in [0.25, 0.3) is 0 Å². The average Bonchev–Trinajstić information content (AvgIpc) is 2.43.